The van der Waals surface area contributed by atoms with E-state index in [-0.39, 0.29) is 5.41 Å². The molecule has 0 N–H and O–H groups in total. The minimum atomic E-state index is -0.357. The Kier molecular flexibility index (Phi) is 9.70. The Labute approximate surface area is 403 Å². The lowest BCUT2D eigenvalue weighted by molar-refractivity contribution is 0.714. The van der Waals surface area contributed by atoms with Gasteiger partial charge in [0, 0.05) is 22.4 Å². The number of rotatable bonds is 8. The van der Waals surface area contributed by atoms with Gasteiger partial charge in [0.2, 0.25) is 0 Å². The fraction of sp³-hybridized carbons (Fsp3) is 0.0294. The topological polar surface area (TPSA) is 3.24 Å². The number of nitrogens with zero attached hydrogens (tertiary/aromatic N) is 1. The second-order valence-electron chi connectivity index (χ2n) is 18.5. The van der Waals surface area contributed by atoms with Crippen LogP contribution in [0.4, 0.5) is 17.1 Å². The lowest BCUT2D eigenvalue weighted by atomic mass is 9.74. The Morgan fingerprint density at radius 2 is 0.812 bits per heavy atom. The van der Waals surface area contributed by atoms with Crippen LogP contribution < -0.4 is 4.90 Å². The third kappa shape index (κ3) is 6.61. The number of hydrogen-bond donors (Lipinski definition) is 0. The minimum Gasteiger partial charge on any atom is -0.310 e. The molecule has 1 nitrogen and oxygen atoms in total. The van der Waals surface area contributed by atoms with E-state index < -0.39 is 0 Å². The molecular formula is C68H47N. The molecule has 13 rings (SSSR count). The largest absolute Gasteiger partial charge is 0.310 e. The summed E-state index contributed by atoms with van der Waals surface area (Å²) in [5, 5.41) is 7.44. The fourth-order valence-corrected chi connectivity index (χ4v) is 11.5. The number of benzene rings is 12. The normalized spacial score (nSPS) is 13.9. The van der Waals surface area contributed by atoms with Crippen LogP contribution in [0.25, 0.3) is 88.0 Å². The van der Waals surface area contributed by atoms with Gasteiger partial charge < -0.3 is 4.90 Å². The predicted octanol–water partition coefficient (Wildman–Crippen LogP) is 18.6. The van der Waals surface area contributed by atoms with Crippen LogP contribution in [0, 0.1) is 0 Å². The Balaban J connectivity index is 1.07. The van der Waals surface area contributed by atoms with Crippen molar-refractivity contribution in [3.8, 4) is 55.6 Å². The zero-order valence-electron chi connectivity index (χ0n) is 38.4. The van der Waals surface area contributed by atoms with Gasteiger partial charge in [0.25, 0.3) is 0 Å². The quantitative estimate of drug-likeness (QED) is 0.138. The highest BCUT2D eigenvalue weighted by Gasteiger charge is 2.41. The van der Waals surface area contributed by atoms with Gasteiger partial charge in [-0.2, -0.15) is 0 Å². The molecule has 0 radical (unpaired) electrons. The van der Waals surface area contributed by atoms with Crippen molar-refractivity contribution in [3.63, 3.8) is 0 Å². The van der Waals surface area contributed by atoms with E-state index in [2.05, 4.69) is 279 Å². The van der Waals surface area contributed by atoms with E-state index in [0.29, 0.717) is 0 Å². The molecular weight excluding hydrogens is 831 g/mol. The van der Waals surface area contributed by atoms with Crippen molar-refractivity contribution in [1.29, 1.82) is 0 Å². The Hall–Kier alpha value is -8.78. The number of para-hydroxylation sites is 1. The average molecular weight is 878 g/mol. The number of fused-ring (bicyclic) bond motifs is 7. The van der Waals surface area contributed by atoms with E-state index in [9.17, 15) is 0 Å². The van der Waals surface area contributed by atoms with E-state index in [1.807, 2.05) is 0 Å². The van der Waals surface area contributed by atoms with Crippen LogP contribution in [-0.2, 0) is 5.41 Å². The van der Waals surface area contributed by atoms with Crippen molar-refractivity contribution in [2.45, 2.75) is 12.3 Å². The van der Waals surface area contributed by atoms with Crippen molar-refractivity contribution in [3.05, 3.63) is 284 Å². The molecule has 1 heteroatoms. The van der Waals surface area contributed by atoms with Crippen molar-refractivity contribution in [1.82, 2.24) is 0 Å². The lowest BCUT2D eigenvalue weighted by Gasteiger charge is -2.32. The van der Waals surface area contributed by atoms with Crippen LogP contribution >= 0.6 is 0 Å². The van der Waals surface area contributed by atoms with Crippen LogP contribution in [0.1, 0.15) is 23.6 Å². The fourth-order valence-electron chi connectivity index (χ4n) is 11.5. The summed E-state index contributed by atoms with van der Waals surface area (Å²) in [6.07, 6.45) is 0. The molecule has 0 aromatic heterocycles. The summed E-state index contributed by atoms with van der Waals surface area (Å²) < 4.78 is 0. The monoisotopic (exact) mass is 877 g/mol. The van der Waals surface area contributed by atoms with E-state index in [1.165, 1.54) is 93.5 Å². The average Bonchev–Trinajstić information content (AvgIpc) is 3.68. The maximum absolute atomic E-state index is 2.50. The first kappa shape index (κ1) is 40.5. The standard InChI is InChI=1S/C68H47N/c1-68(51-28-9-4-10-29-51)63-37-17-15-34-59(63)60-42-40-53(45-64(60)68)69(52-30-19-27-49(43-52)55-36-20-26-46-21-11-12-31-54(46)55)65-38-18-16-32-56(65)50-39-41-58-57-33-13-14-35-61(57)66(47-22-5-2-6-23-47)67(62(58)44-50)48-24-7-3-8-25-48/h2-45H,1H3. The van der Waals surface area contributed by atoms with Crippen molar-refractivity contribution in [2.75, 3.05) is 4.90 Å². The van der Waals surface area contributed by atoms with Crippen LogP contribution in [0.15, 0.2) is 267 Å². The van der Waals surface area contributed by atoms with Gasteiger partial charge in [-0.25, -0.2) is 0 Å². The molecule has 1 aliphatic carbocycles. The molecule has 0 fully saturated rings. The molecule has 0 heterocycles. The Morgan fingerprint density at radius 3 is 1.59 bits per heavy atom. The van der Waals surface area contributed by atoms with Gasteiger partial charge in [-0.15, -0.1) is 0 Å². The highest BCUT2D eigenvalue weighted by molar-refractivity contribution is 6.22. The zero-order chi connectivity index (χ0) is 45.9. The SMILES string of the molecule is CC1(c2ccccc2)c2ccccc2-c2ccc(N(c3cccc(-c4cccc5ccccc45)c3)c3ccccc3-c3ccc4c(c3)c(-c3ccccc3)c(-c3ccccc3)c3ccccc34)cc21. The first-order valence-electron chi connectivity index (χ1n) is 24.0. The summed E-state index contributed by atoms with van der Waals surface area (Å²) in [5.74, 6) is 0. The van der Waals surface area contributed by atoms with Gasteiger partial charge in [-0.1, -0.05) is 231 Å². The van der Waals surface area contributed by atoms with Crippen LogP contribution in [0.5, 0.6) is 0 Å². The molecule has 0 saturated carbocycles. The summed E-state index contributed by atoms with van der Waals surface area (Å²) >= 11 is 0. The molecule has 0 spiro atoms. The van der Waals surface area contributed by atoms with Crippen molar-refractivity contribution >= 4 is 49.4 Å². The van der Waals surface area contributed by atoms with E-state index in [0.717, 1.165) is 28.2 Å². The second kappa shape index (κ2) is 16.5. The molecule has 12 aromatic carbocycles. The summed E-state index contributed by atoms with van der Waals surface area (Å²) in [7, 11) is 0. The third-order valence-corrected chi connectivity index (χ3v) is 14.7. The Bertz CT molecular complexity index is 3900. The third-order valence-electron chi connectivity index (χ3n) is 14.7. The molecule has 1 atom stereocenters. The first-order chi connectivity index (χ1) is 34.1. The van der Waals surface area contributed by atoms with Gasteiger partial charge >= 0.3 is 0 Å². The molecule has 0 aliphatic heterocycles. The molecule has 0 saturated heterocycles. The summed E-state index contributed by atoms with van der Waals surface area (Å²) in [4.78, 5) is 2.50. The molecule has 69 heavy (non-hydrogen) atoms. The smallest absolute Gasteiger partial charge is 0.0540 e. The summed E-state index contributed by atoms with van der Waals surface area (Å²) in [6.45, 7) is 2.41. The predicted molar refractivity (Wildman–Crippen MR) is 293 cm³/mol. The van der Waals surface area contributed by atoms with Crippen LogP contribution in [0.3, 0.4) is 0 Å². The van der Waals surface area contributed by atoms with Gasteiger partial charge in [-0.3, -0.25) is 0 Å². The summed E-state index contributed by atoms with van der Waals surface area (Å²) in [5.41, 5.74) is 19.0. The maximum atomic E-state index is 2.50. The molecule has 0 amide bonds. The first-order valence-corrected chi connectivity index (χ1v) is 24.0. The second-order valence-corrected chi connectivity index (χ2v) is 18.5. The number of anilines is 3. The zero-order valence-corrected chi connectivity index (χ0v) is 38.4. The van der Waals surface area contributed by atoms with Crippen LogP contribution in [0.2, 0.25) is 0 Å². The molecule has 1 unspecified atom stereocenters. The Morgan fingerprint density at radius 1 is 0.290 bits per heavy atom. The van der Waals surface area contributed by atoms with Gasteiger partial charge in [0.1, 0.15) is 0 Å². The maximum Gasteiger partial charge on any atom is 0.0540 e. The van der Waals surface area contributed by atoms with Gasteiger partial charge in [0.05, 0.1) is 5.69 Å². The number of hydrogen-bond acceptors (Lipinski definition) is 1. The summed E-state index contributed by atoms with van der Waals surface area (Å²) in [6, 6.07) is 98.5. The van der Waals surface area contributed by atoms with Crippen LogP contribution in [-0.4, -0.2) is 0 Å². The van der Waals surface area contributed by atoms with Gasteiger partial charge in [0.15, 0.2) is 0 Å². The van der Waals surface area contributed by atoms with Crippen molar-refractivity contribution in [2.24, 2.45) is 0 Å². The molecule has 0 bridgehead atoms. The highest BCUT2D eigenvalue weighted by Crippen LogP contribution is 2.55. The van der Waals surface area contributed by atoms with E-state index in [4.69, 9.17) is 0 Å². The van der Waals surface area contributed by atoms with Crippen molar-refractivity contribution < 1.29 is 0 Å². The molecule has 1 aliphatic rings. The van der Waals surface area contributed by atoms with E-state index >= 15 is 0 Å². The minimum absolute atomic E-state index is 0.357. The van der Waals surface area contributed by atoms with E-state index in [1.54, 1.807) is 0 Å². The lowest BCUT2D eigenvalue weighted by Crippen LogP contribution is -2.22. The van der Waals surface area contributed by atoms with Gasteiger partial charge in [-0.05, 0) is 142 Å². The highest BCUT2D eigenvalue weighted by atomic mass is 15.1. The molecule has 12 aromatic rings. The molecule has 324 valence electrons.